The number of fused-ring (bicyclic) bond motifs is 1. The molecular formula is C25H27BrN2O3S. The Morgan fingerprint density at radius 2 is 1.88 bits per heavy atom. The number of hydrogen-bond donors (Lipinski definition) is 1. The van der Waals surface area contributed by atoms with E-state index in [2.05, 4.69) is 28.2 Å². The maximum absolute atomic E-state index is 13.3. The fourth-order valence-electron chi connectivity index (χ4n) is 4.35. The number of piperidine rings is 1. The molecule has 168 valence electrons. The van der Waals surface area contributed by atoms with E-state index >= 15 is 0 Å². The molecule has 7 heteroatoms. The zero-order valence-electron chi connectivity index (χ0n) is 18.3. The number of aryl methyl sites for hydroxylation is 2. The van der Waals surface area contributed by atoms with E-state index in [-0.39, 0.29) is 23.3 Å². The number of carbonyl (C=O) groups excluding carboxylic acids is 1. The predicted molar refractivity (Wildman–Crippen MR) is 132 cm³/mol. The molecule has 0 radical (unpaired) electrons. The number of amides is 1. The minimum atomic E-state index is -3.67. The van der Waals surface area contributed by atoms with Crippen LogP contribution in [0.4, 0.5) is 5.69 Å². The van der Waals surface area contributed by atoms with Crippen LogP contribution in [-0.2, 0) is 21.2 Å². The van der Waals surface area contributed by atoms with E-state index in [1.165, 1.54) is 4.31 Å². The third-order valence-corrected chi connectivity index (χ3v) is 8.44. The molecule has 3 aromatic rings. The third-order valence-electron chi connectivity index (χ3n) is 6.12. The van der Waals surface area contributed by atoms with Gasteiger partial charge in [0.05, 0.1) is 10.8 Å². The van der Waals surface area contributed by atoms with E-state index in [1.807, 2.05) is 49.4 Å². The van der Waals surface area contributed by atoms with Crippen molar-refractivity contribution >= 4 is 48.3 Å². The summed E-state index contributed by atoms with van der Waals surface area (Å²) in [6, 6.07) is 16.9. The molecule has 1 heterocycles. The summed E-state index contributed by atoms with van der Waals surface area (Å²) in [5.74, 6) is -0.504. The van der Waals surface area contributed by atoms with Crippen molar-refractivity contribution in [2.45, 2.75) is 38.0 Å². The highest BCUT2D eigenvalue weighted by Gasteiger charge is 2.33. The summed E-state index contributed by atoms with van der Waals surface area (Å²) >= 11 is 3.51. The number of halogens is 1. The Hall–Kier alpha value is -2.22. The highest BCUT2D eigenvalue weighted by molar-refractivity contribution is 9.10. The molecule has 0 aromatic heterocycles. The van der Waals surface area contributed by atoms with Crippen molar-refractivity contribution in [1.29, 1.82) is 0 Å². The summed E-state index contributed by atoms with van der Waals surface area (Å²) in [7, 11) is -3.67. The second-order valence-electron chi connectivity index (χ2n) is 8.31. The van der Waals surface area contributed by atoms with Crippen molar-refractivity contribution in [3.05, 3.63) is 70.2 Å². The molecule has 1 atom stereocenters. The van der Waals surface area contributed by atoms with Gasteiger partial charge in [0.2, 0.25) is 15.9 Å². The van der Waals surface area contributed by atoms with E-state index in [1.54, 1.807) is 12.1 Å². The highest BCUT2D eigenvalue weighted by atomic mass is 79.9. The van der Waals surface area contributed by atoms with Crippen molar-refractivity contribution in [1.82, 2.24) is 4.31 Å². The lowest BCUT2D eigenvalue weighted by Crippen LogP contribution is -2.43. The molecule has 1 aliphatic rings. The summed E-state index contributed by atoms with van der Waals surface area (Å²) < 4.78 is 29.1. The standard InChI is InChI=1S/C25H27BrN2O3S/c1-3-18-14-22(26)13-17(2)24(18)27-25(29)21-9-6-12-28(16-21)32(30,31)23-11-10-19-7-4-5-8-20(19)15-23/h4-5,7-8,10-11,13-15,21H,3,6,9,12,16H2,1-2H3,(H,27,29)/t21-/m0/s1. The van der Waals surface area contributed by atoms with E-state index < -0.39 is 10.0 Å². The van der Waals surface area contributed by atoms with E-state index in [0.29, 0.717) is 19.4 Å². The smallest absolute Gasteiger partial charge is 0.243 e. The largest absolute Gasteiger partial charge is 0.325 e. The fraction of sp³-hybridized carbons (Fsp3) is 0.320. The average molecular weight is 515 g/mol. The van der Waals surface area contributed by atoms with Gasteiger partial charge in [-0.1, -0.05) is 53.2 Å². The van der Waals surface area contributed by atoms with Crippen molar-refractivity contribution in [3.63, 3.8) is 0 Å². The molecule has 1 fully saturated rings. The number of carbonyl (C=O) groups is 1. The topological polar surface area (TPSA) is 66.5 Å². The molecule has 0 bridgehead atoms. The molecule has 5 nitrogen and oxygen atoms in total. The summed E-state index contributed by atoms with van der Waals surface area (Å²) in [4.78, 5) is 13.4. The molecule has 32 heavy (non-hydrogen) atoms. The van der Waals surface area contributed by atoms with Crippen LogP contribution in [-0.4, -0.2) is 31.7 Å². The number of benzene rings is 3. The van der Waals surface area contributed by atoms with Crippen LogP contribution in [0.15, 0.2) is 64.0 Å². The number of hydrogen-bond acceptors (Lipinski definition) is 3. The van der Waals surface area contributed by atoms with Gasteiger partial charge in [-0.2, -0.15) is 4.31 Å². The minimum Gasteiger partial charge on any atom is -0.325 e. The summed E-state index contributed by atoms with van der Waals surface area (Å²) in [6.07, 6.45) is 2.13. The highest BCUT2D eigenvalue weighted by Crippen LogP contribution is 2.30. The van der Waals surface area contributed by atoms with Gasteiger partial charge in [0.15, 0.2) is 0 Å². The monoisotopic (exact) mass is 514 g/mol. The lowest BCUT2D eigenvalue weighted by atomic mass is 9.98. The fourth-order valence-corrected chi connectivity index (χ4v) is 6.53. The van der Waals surface area contributed by atoms with Crippen LogP contribution in [0.3, 0.4) is 0 Å². The first kappa shape index (κ1) is 23.0. The van der Waals surface area contributed by atoms with Gasteiger partial charge in [-0.3, -0.25) is 4.79 Å². The number of rotatable bonds is 5. The Morgan fingerprint density at radius 3 is 2.62 bits per heavy atom. The lowest BCUT2D eigenvalue weighted by molar-refractivity contribution is -0.120. The molecule has 0 unspecified atom stereocenters. The normalized spacial score (nSPS) is 17.4. The van der Waals surface area contributed by atoms with Gasteiger partial charge in [-0.05, 0) is 72.4 Å². The van der Waals surface area contributed by atoms with Gasteiger partial charge in [-0.25, -0.2) is 8.42 Å². The quantitative estimate of drug-likeness (QED) is 0.487. The van der Waals surface area contributed by atoms with Crippen molar-refractivity contribution in [3.8, 4) is 0 Å². The first-order valence-electron chi connectivity index (χ1n) is 10.9. The van der Waals surface area contributed by atoms with Gasteiger partial charge in [-0.15, -0.1) is 0 Å². The first-order valence-corrected chi connectivity index (χ1v) is 13.1. The molecule has 1 N–H and O–H groups in total. The van der Waals surface area contributed by atoms with Crippen LogP contribution in [0.2, 0.25) is 0 Å². The van der Waals surface area contributed by atoms with Crippen LogP contribution in [0, 0.1) is 12.8 Å². The van der Waals surface area contributed by atoms with Crippen LogP contribution in [0.5, 0.6) is 0 Å². The lowest BCUT2D eigenvalue weighted by Gasteiger charge is -2.31. The maximum atomic E-state index is 13.3. The van der Waals surface area contributed by atoms with E-state index in [4.69, 9.17) is 0 Å². The second-order valence-corrected chi connectivity index (χ2v) is 11.2. The molecule has 0 saturated carbocycles. The second kappa shape index (κ2) is 9.33. The van der Waals surface area contributed by atoms with Crippen LogP contribution >= 0.6 is 15.9 Å². The number of sulfonamides is 1. The number of nitrogens with zero attached hydrogens (tertiary/aromatic N) is 1. The Kier molecular flexibility index (Phi) is 6.70. The van der Waals surface area contributed by atoms with Gasteiger partial charge in [0.1, 0.15) is 0 Å². The zero-order chi connectivity index (χ0) is 22.9. The first-order chi connectivity index (χ1) is 15.3. The van der Waals surface area contributed by atoms with Crippen molar-refractivity contribution in [2.75, 3.05) is 18.4 Å². The molecule has 4 rings (SSSR count). The van der Waals surface area contributed by atoms with E-state index in [9.17, 15) is 13.2 Å². The molecule has 1 amide bonds. The van der Waals surface area contributed by atoms with Gasteiger partial charge < -0.3 is 5.32 Å². The average Bonchev–Trinajstić information content (AvgIpc) is 2.80. The molecule has 1 saturated heterocycles. The van der Waals surface area contributed by atoms with Crippen LogP contribution in [0.25, 0.3) is 10.8 Å². The molecular weight excluding hydrogens is 488 g/mol. The van der Waals surface area contributed by atoms with Crippen LogP contribution < -0.4 is 5.32 Å². The Morgan fingerprint density at radius 1 is 1.12 bits per heavy atom. The number of anilines is 1. The van der Waals surface area contributed by atoms with Gasteiger partial charge >= 0.3 is 0 Å². The number of nitrogens with one attached hydrogen (secondary N) is 1. The molecule has 0 aliphatic carbocycles. The predicted octanol–water partition coefficient (Wildman–Crippen LogP) is 5.51. The summed E-state index contributed by atoms with van der Waals surface area (Å²) in [6.45, 7) is 4.64. The minimum absolute atomic E-state index is 0.122. The Bertz CT molecular complexity index is 1270. The van der Waals surface area contributed by atoms with Crippen molar-refractivity contribution < 1.29 is 13.2 Å². The molecule has 0 spiro atoms. The van der Waals surface area contributed by atoms with Crippen molar-refractivity contribution in [2.24, 2.45) is 5.92 Å². The third kappa shape index (κ3) is 4.60. The van der Waals surface area contributed by atoms with Crippen LogP contribution in [0.1, 0.15) is 30.9 Å². The summed E-state index contributed by atoms with van der Waals surface area (Å²) in [5, 5.41) is 4.97. The molecule has 1 aliphatic heterocycles. The zero-order valence-corrected chi connectivity index (χ0v) is 20.7. The SMILES string of the molecule is CCc1cc(Br)cc(C)c1NC(=O)[C@H]1CCCN(S(=O)(=O)c2ccc3ccccc3c2)C1. The maximum Gasteiger partial charge on any atom is 0.243 e. The van der Waals surface area contributed by atoms with Gasteiger partial charge in [0, 0.05) is 23.2 Å². The Balaban J connectivity index is 1.54. The summed E-state index contributed by atoms with van der Waals surface area (Å²) in [5.41, 5.74) is 2.87. The van der Waals surface area contributed by atoms with E-state index in [0.717, 1.165) is 38.5 Å². The van der Waals surface area contributed by atoms with Gasteiger partial charge in [0.25, 0.3) is 0 Å². The molecule has 3 aromatic carbocycles. The Labute approximate surface area is 198 Å².